The minimum atomic E-state index is -0.263. The van der Waals surface area contributed by atoms with Crippen LogP contribution < -0.4 is 5.73 Å². The Morgan fingerprint density at radius 2 is 2.43 bits per heavy atom. The Hall–Kier alpha value is -1.43. The number of amides is 1. The Labute approximate surface area is 81.7 Å². The fraction of sp³-hybridized carbons (Fsp3) is 0.625. The number of nitrogens with two attached hydrogens (primary N) is 1. The van der Waals surface area contributed by atoms with Crippen LogP contribution >= 0.6 is 0 Å². The molecule has 1 fully saturated rings. The molecule has 76 valence electrons. The predicted molar refractivity (Wildman–Crippen MR) is 49.2 cm³/mol. The summed E-state index contributed by atoms with van der Waals surface area (Å²) >= 11 is 0. The third-order valence-electron chi connectivity index (χ3n) is 2.33. The van der Waals surface area contributed by atoms with E-state index in [0.717, 1.165) is 19.5 Å². The van der Waals surface area contributed by atoms with Gasteiger partial charge < -0.3 is 10.6 Å². The van der Waals surface area contributed by atoms with Gasteiger partial charge >= 0.3 is 0 Å². The van der Waals surface area contributed by atoms with E-state index in [1.54, 1.807) is 15.8 Å². The second kappa shape index (κ2) is 3.75. The molecule has 0 spiro atoms. The van der Waals surface area contributed by atoms with Crippen molar-refractivity contribution in [2.24, 2.45) is 5.73 Å². The lowest BCUT2D eigenvalue weighted by atomic mass is 10.1. The molecular weight excluding hydrogens is 182 g/mol. The van der Waals surface area contributed by atoms with Gasteiger partial charge in [0.1, 0.15) is 6.04 Å². The lowest BCUT2D eigenvalue weighted by Gasteiger charge is -2.36. The van der Waals surface area contributed by atoms with Crippen molar-refractivity contribution in [3.63, 3.8) is 0 Å². The van der Waals surface area contributed by atoms with Gasteiger partial charge in [0.15, 0.2) is 0 Å². The molecule has 0 aromatic carbocycles. The van der Waals surface area contributed by atoms with E-state index in [2.05, 4.69) is 10.3 Å². The first kappa shape index (κ1) is 9.14. The van der Waals surface area contributed by atoms with Gasteiger partial charge in [-0.05, 0) is 6.42 Å². The molecule has 1 unspecified atom stereocenters. The first-order valence-corrected chi connectivity index (χ1v) is 4.66. The second-order valence-corrected chi connectivity index (χ2v) is 3.41. The lowest BCUT2D eigenvalue weighted by Crippen LogP contribution is -2.60. The van der Waals surface area contributed by atoms with Crippen LogP contribution in [0.4, 0.5) is 0 Å². The van der Waals surface area contributed by atoms with Crippen molar-refractivity contribution in [1.29, 1.82) is 0 Å². The molecule has 0 radical (unpaired) electrons. The van der Waals surface area contributed by atoms with E-state index in [1.807, 2.05) is 6.20 Å². The van der Waals surface area contributed by atoms with Gasteiger partial charge in [0, 0.05) is 25.8 Å². The maximum atomic E-state index is 11.1. The average Bonchev–Trinajstić information content (AvgIpc) is 2.69. The van der Waals surface area contributed by atoms with Gasteiger partial charge in [-0.15, -0.1) is 5.10 Å². The van der Waals surface area contributed by atoms with Gasteiger partial charge in [-0.3, -0.25) is 9.48 Å². The summed E-state index contributed by atoms with van der Waals surface area (Å²) in [5, 5.41) is 7.52. The molecule has 1 aromatic rings. The number of β-lactam (4-membered cyclic amide) rings is 1. The molecule has 2 N–H and O–H groups in total. The van der Waals surface area contributed by atoms with Gasteiger partial charge in [-0.1, -0.05) is 5.21 Å². The zero-order valence-corrected chi connectivity index (χ0v) is 7.83. The zero-order valence-electron chi connectivity index (χ0n) is 7.83. The normalized spacial score (nSPS) is 21.1. The van der Waals surface area contributed by atoms with Crippen LogP contribution in [0.1, 0.15) is 6.42 Å². The standard InChI is InChI=1S/C8H13N5O/c9-7-6-12(8(7)14)3-1-4-13-5-2-10-11-13/h2,5,7H,1,3-4,6,9H2. The number of hydrogen-bond acceptors (Lipinski definition) is 4. The van der Waals surface area contributed by atoms with Crippen LogP contribution in [-0.4, -0.2) is 44.9 Å². The Morgan fingerprint density at radius 1 is 1.57 bits per heavy atom. The van der Waals surface area contributed by atoms with Crippen LogP contribution in [0.15, 0.2) is 12.4 Å². The summed E-state index contributed by atoms with van der Waals surface area (Å²) in [4.78, 5) is 12.9. The maximum absolute atomic E-state index is 11.1. The molecule has 1 aliphatic rings. The minimum absolute atomic E-state index is 0.0589. The van der Waals surface area contributed by atoms with Crippen LogP contribution in [0.25, 0.3) is 0 Å². The number of hydrogen-bond donors (Lipinski definition) is 1. The number of carbonyl (C=O) groups is 1. The van der Waals surface area contributed by atoms with Crippen molar-refractivity contribution < 1.29 is 4.79 Å². The van der Waals surface area contributed by atoms with Crippen LogP contribution in [-0.2, 0) is 11.3 Å². The van der Waals surface area contributed by atoms with Gasteiger partial charge in [-0.25, -0.2) is 0 Å². The van der Waals surface area contributed by atoms with Crippen LogP contribution in [0, 0.1) is 0 Å². The van der Waals surface area contributed by atoms with Crippen molar-refractivity contribution >= 4 is 5.91 Å². The van der Waals surface area contributed by atoms with E-state index in [4.69, 9.17) is 5.73 Å². The zero-order chi connectivity index (χ0) is 9.97. The minimum Gasteiger partial charge on any atom is -0.339 e. The van der Waals surface area contributed by atoms with Crippen molar-refractivity contribution in [1.82, 2.24) is 19.9 Å². The number of aromatic nitrogens is 3. The quantitative estimate of drug-likeness (QED) is 0.615. The molecule has 6 heteroatoms. The number of rotatable bonds is 4. The van der Waals surface area contributed by atoms with E-state index in [0.29, 0.717) is 6.54 Å². The Bertz CT molecular complexity index is 310. The summed E-state index contributed by atoms with van der Waals surface area (Å²) in [7, 11) is 0. The molecule has 6 nitrogen and oxygen atoms in total. The van der Waals surface area contributed by atoms with Gasteiger partial charge in [0.25, 0.3) is 0 Å². The summed E-state index contributed by atoms with van der Waals surface area (Å²) in [6, 6.07) is -0.263. The first-order chi connectivity index (χ1) is 6.77. The van der Waals surface area contributed by atoms with E-state index >= 15 is 0 Å². The van der Waals surface area contributed by atoms with Crippen molar-refractivity contribution in [3.8, 4) is 0 Å². The Kier molecular flexibility index (Phi) is 2.45. The fourth-order valence-corrected chi connectivity index (χ4v) is 1.50. The molecule has 1 aromatic heterocycles. The van der Waals surface area contributed by atoms with Crippen LogP contribution in [0.2, 0.25) is 0 Å². The van der Waals surface area contributed by atoms with E-state index < -0.39 is 0 Å². The van der Waals surface area contributed by atoms with Gasteiger partial charge in [0.05, 0.1) is 6.20 Å². The molecule has 1 atom stereocenters. The average molecular weight is 195 g/mol. The summed E-state index contributed by atoms with van der Waals surface area (Å²) in [6.07, 6.45) is 4.34. The lowest BCUT2D eigenvalue weighted by molar-refractivity contribution is -0.142. The van der Waals surface area contributed by atoms with Crippen molar-refractivity contribution in [2.45, 2.75) is 19.0 Å². The summed E-state index contributed by atoms with van der Waals surface area (Å²) in [5.74, 6) is 0.0589. The third-order valence-corrected chi connectivity index (χ3v) is 2.33. The molecule has 0 aliphatic carbocycles. The second-order valence-electron chi connectivity index (χ2n) is 3.41. The van der Waals surface area contributed by atoms with E-state index in [9.17, 15) is 4.79 Å². The third kappa shape index (κ3) is 1.74. The van der Waals surface area contributed by atoms with Gasteiger partial charge in [-0.2, -0.15) is 0 Å². The van der Waals surface area contributed by atoms with Crippen LogP contribution in [0.3, 0.4) is 0 Å². The Balaban J connectivity index is 1.67. The smallest absolute Gasteiger partial charge is 0.241 e. The number of nitrogens with zero attached hydrogens (tertiary/aromatic N) is 4. The molecule has 2 rings (SSSR count). The van der Waals surface area contributed by atoms with Crippen LogP contribution in [0.5, 0.6) is 0 Å². The molecular formula is C8H13N5O. The molecule has 1 amide bonds. The van der Waals surface area contributed by atoms with Gasteiger partial charge in [0.2, 0.25) is 5.91 Å². The number of aryl methyl sites for hydroxylation is 1. The fourth-order valence-electron chi connectivity index (χ4n) is 1.50. The highest BCUT2D eigenvalue weighted by molar-refractivity contribution is 5.87. The van der Waals surface area contributed by atoms with E-state index in [1.165, 1.54) is 0 Å². The summed E-state index contributed by atoms with van der Waals surface area (Å²) in [5.41, 5.74) is 5.46. The molecule has 1 saturated heterocycles. The summed E-state index contributed by atoms with van der Waals surface area (Å²) < 4.78 is 1.75. The molecule has 0 saturated carbocycles. The summed E-state index contributed by atoms with van der Waals surface area (Å²) in [6.45, 7) is 2.24. The van der Waals surface area contributed by atoms with E-state index in [-0.39, 0.29) is 11.9 Å². The van der Waals surface area contributed by atoms with Crippen molar-refractivity contribution in [2.75, 3.05) is 13.1 Å². The predicted octanol–water partition coefficient (Wildman–Crippen LogP) is -1.16. The number of likely N-dealkylation sites (tertiary alicyclic amines) is 1. The molecule has 2 heterocycles. The first-order valence-electron chi connectivity index (χ1n) is 4.66. The Morgan fingerprint density at radius 3 is 3.00 bits per heavy atom. The highest BCUT2D eigenvalue weighted by atomic mass is 16.2. The molecule has 0 bridgehead atoms. The van der Waals surface area contributed by atoms with Crippen molar-refractivity contribution in [3.05, 3.63) is 12.4 Å². The molecule has 14 heavy (non-hydrogen) atoms. The number of carbonyl (C=O) groups excluding carboxylic acids is 1. The highest BCUT2D eigenvalue weighted by Gasteiger charge is 2.32. The monoisotopic (exact) mass is 195 g/mol. The highest BCUT2D eigenvalue weighted by Crippen LogP contribution is 2.08. The topological polar surface area (TPSA) is 77.0 Å². The SMILES string of the molecule is NC1CN(CCCn2ccnn2)C1=O. The molecule has 1 aliphatic heterocycles. The largest absolute Gasteiger partial charge is 0.339 e. The maximum Gasteiger partial charge on any atom is 0.241 e.